The van der Waals surface area contributed by atoms with Gasteiger partial charge < -0.3 is 4.79 Å². The van der Waals surface area contributed by atoms with E-state index in [1.807, 2.05) is 12.1 Å². The molecular formula is C13H10BrClO. The van der Waals surface area contributed by atoms with Gasteiger partial charge in [0.15, 0.2) is 0 Å². The molecule has 16 heavy (non-hydrogen) atoms. The molecule has 0 radical (unpaired) electrons. The molecule has 0 amide bonds. The van der Waals surface area contributed by atoms with Crippen LogP contribution in [0.2, 0.25) is 5.02 Å². The van der Waals surface area contributed by atoms with E-state index in [0.717, 1.165) is 33.9 Å². The predicted molar refractivity (Wildman–Crippen MR) is 71.6 cm³/mol. The summed E-state index contributed by atoms with van der Waals surface area (Å²) in [4.78, 5) is 10.6. The van der Waals surface area contributed by atoms with Crippen LogP contribution in [0, 0.1) is 0 Å². The Labute approximate surface area is 108 Å². The summed E-state index contributed by atoms with van der Waals surface area (Å²) in [6, 6.07) is 1.85. The van der Waals surface area contributed by atoms with Gasteiger partial charge in [0, 0.05) is 10.9 Å². The maximum Gasteiger partial charge on any atom is 0.124 e. The molecular weight excluding hydrogens is 287 g/mol. The Morgan fingerprint density at radius 3 is 2.69 bits per heavy atom. The maximum absolute atomic E-state index is 10.6. The van der Waals surface area contributed by atoms with E-state index in [4.69, 9.17) is 11.6 Å². The van der Waals surface area contributed by atoms with Gasteiger partial charge in [-0.3, -0.25) is 0 Å². The van der Waals surface area contributed by atoms with Crippen LogP contribution in [0.25, 0.3) is 12.2 Å². The number of hydrogen-bond donors (Lipinski definition) is 0. The van der Waals surface area contributed by atoms with Crippen LogP contribution in [-0.2, 0) is 11.2 Å². The number of carbonyl (C=O) groups excluding carboxylic acids is 1. The lowest BCUT2D eigenvalue weighted by atomic mass is 9.99. The van der Waals surface area contributed by atoms with E-state index in [1.54, 1.807) is 0 Å². The van der Waals surface area contributed by atoms with Crippen LogP contribution in [-0.4, -0.2) is 6.29 Å². The molecule has 0 atom stereocenters. The summed E-state index contributed by atoms with van der Waals surface area (Å²) in [5.41, 5.74) is 3.11. The van der Waals surface area contributed by atoms with Crippen molar-refractivity contribution >= 4 is 46.0 Å². The molecule has 3 heteroatoms. The Hall–Kier alpha value is -0.860. The van der Waals surface area contributed by atoms with E-state index in [-0.39, 0.29) is 0 Å². The minimum atomic E-state index is 0.396. The minimum absolute atomic E-state index is 0.396. The zero-order valence-corrected chi connectivity index (χ0v) is 10.9. The van der Waals surface area contributed by atoms with Gasteiger partial charge in [0.1, 0.15) is 6.29 Å². The second kappa shape index (κ2) is 4.98. The first kappa shape index (κ1) is 11.6. The third-order valence-corrected chi connectivity index (χ3v) is 3.91. The SMILES string of the molecule is O=CCc1cc(Cl)c(Br)c2c1C=CCC=C2. The molecule has 0 saturated heterocycles. The summed E-state index contributed by atoms with van der Waals surface area (Å²) < 4.78 is 0.890. The van der Waals surface area contributed by atoms with Crippen LogP contribution in [0.3, 0.4) is 0 Å². The van der Waals surface area contributed by atoms with Crippen molar-refractivity contribution in [1.29, 1.82) is 0 Å². The van der Waals surface area contributed by atoms with Gasteiger partial charge in [0.05, 0.1) is 5.02 Å². The summed E-state index contributed by atoms with van der Waals surface area (Å²) in [5.74, 6) is 0. The molecule has 0 heterocycles. The maximum atomic E-state index is 10.6. The highest BCUT2D eigenvalue weighted by molar-refractivity contribution is 9.10. The van der Waals surface area contributed by atoms with Gasteiger partial charge >= 0.3 is 0 Å². The Kier molecular flexibility index (Phi) is 3.62. The van der Waals surface area contributed by atoms with Crippen molar-refractivity contribution in [3.63, 3.8) is 0 Å². The first-order chi connectivity index (χ1) is 7.74. The average Bonchev–Trinajstić information content (AvgIpc) is 2.51. The fourth-order valence-electron chi connectivity index (χ4n) is 1.78. The molecule has 0 aliphatic heterocycles. The van der Waals surface area contributed by atoms with Gasteiger partial charge in [0.2, 0.25) is 0 Å². The minimum Gasteiger partial charge on any atom is -0.303 e. The van der Waals surface area contributed by atoms with E-state index in [9.17, 15) is 4.79 Å². The topological polar surface area (TPSA) is 17.1 Å². The largest absolute Gasteiger partial charge is 0.303 e. The number of rotatable bonds is 2. The molecule has 0 fully saturated rings. The summed E-state index contributed by atoms with van der Waals surface area (Å²) in [7, 11) is 0. The molecule has 82 valence electrons. The van der Waals surface area contributed by atoms with E-state index in [0.29, 0.717) is 11.4 Å². The molecule has 1 aliphatic rings. The van der Waals surface area contributed by atoms with Crippen molar-refractivity contribution in [2.45, 2.75) is 12.8 Å². The van der Waals surface area contributed by atoms with E-state index >= 15 is 0 Å². The van der Waals surface area contributed by atoms with Gasteiger partial charge in [-0.05, 0) is 45.1 Å². The van der Waals surface area contributed by atoms with Crippen molar-refractivity contribution in [2.75, 3.05) is 0 Å². The highest BCUT2D eigenvalue weighted by atomic mass is 79.9. The molecule has 2 rings (SSSR count). The van der Waals surface area contributed by atoms with E-state index < -0.39 is 0 Å². The van der Waals surface area contributed by atoms with Crippen LogP contribution in [0.1, 0.15) is 23.1 Å². The predicted octanol–water partition coefficient (Wildman–Crippen LogP) is 4.27. The van der Waals surface area contributed by atoms with Crippen molar-refractivity contribution in [3.8, 4) is 0 Å². The van der Waals surface area contributed by atoms with Gasteiger partial charge in [-0.15, -0.1) is 0 Å². The van der Waals surface area contributed by atoms with Crippen LogP contribution in [0.15, 0.2) is 22.7 Å². The highest BCUT2D eigenvalue weighted by Crippen LogP contribution is 2.34. The van der Waals surface area contributed by atoms with Crippen LogP contribution >= 0.6 is 27.5 Å². The smallest absolute Gasteiger partial charge is 0.124 e. The van der Waals surface area contributed by atoms with Gasteiger partial charge in [-0.2, -0.15) is 0 Å². The lowest BCUT2D eigenvalue weighted by molar-refractivity contribution is -0.107. The number of fused-ring (bicyclic) bond motifs is 1. The first-order valence-electron chi connectivity index (χ1n) is 5.01. The lowest BCUT2D eigenvalue weighted by Crippen LogP contribution is -1.95. The van der Waals surface area contributed by atoms with Crippen LogP contribution < -0.4 is 0 Å². The molecule has 1 aromatic rings. The normalized spacial score (nSPS) is 13.4. The van der Waals surface area contributed by atoms with Crippen molar-refractivity contribution in [1.82, 2.24) is 0 Å². The highest BCUT2D eigenvalue weighted by Gasteiger charge is 2.12. The summed E-state index contributed by atoms with van der Waals surface area (Å²) in [6.45, 7) is 0. The molecule has 1 aliphatic carbocycles. The number of benzene rings is 1. The molecule has 0 N–H and O–H groups in total. The molecule has 1 nitrogen and oxygen atoms in total. The molecule has 0 unspecified atom stereocenters. The van der Waals surface area contributed by atoms with Crippen LogP contribution in [0.5, 0.6) is 0 Å². The summed E-state index contributed by atoms with van der Waals surface area (Å²) in [5, 5.41) is 0.649. The third-order valence-electron chi connectivity index (χ3n) is 2.53. The summed E-state index contributed by atoms with van der Waals surface area (Å²) in [6.07, 6.45) is 10.5. The Morgan fingerprint density at radius 2 is 2.00 bits per heavy atom. The monoisotopic (exact) mass is 296 g/mol. The number of allylic oxidation sites excluding steroid dienone is 2. The average molecular weight is 298 g/mol. The molecule has 0 spiro atoms. The third kappa shape index (κ3) is 2.13. The zero-order valence-electron chi connectivity index (χ0n) is 8.54. The van der Waals surface area contributed by atoms with E-state index in [1.165, 1.54) is 0 Å². The standard InChI is InChI=1S/C13H10BrClO/c14-13-11-5-3-1-2-4-10(11)9(6-7-16)8-12(13)15/h2-5,7-8H,1,6H2. The number of aldehydes is 1. The zero-order chi connectivity index (χ0) is 11.5. The Morgan fingerprint density at radius 1 is 1.31 bits per heavy atom. The van der Waals surface area contributed by atoms with Crippen molar-refractivity contribution in [3.05, 3.63) is 44.4 Å². The van der Waals surface area contributed by atoms with Crippen LogP contribution in [0.4, 0.5) is 0 Å². The molecule has 0 bridgehead atoms. The fourth-order valence-corrected chi connectivity index (χ4v) is 2.48. The van der Waals surface area contributed by atoms with Gasteiger partial charge in [-0.25, -0.2) is 0 Å². The number of hydrogen-bond acceptors (Lipinski definition) is 1. The Balaban J connectivity index is 2.69. The summed E-state index contributed by atoms with van der Waals surface area (Å²) >= 11 is 9.60. The van der Waals surface area contributed by atoms with Gasteiger partial charge in [-0.1, -0.05) is 35.9 Å². The molecule has 1 aromatic carbocycles. The number of halogens is 2. The second-order valence-corrected chi connectivity index (χ2v) is 4.77. The second-order valence-electron chi connectivity index (χ2n) is 3.57. The molecule has 0 saturated carbocycles. The van der Waals surface area contributed by atoms with Crippen molar-refractivity contribution in [2.24, 2.45) is 0 Å². The Bertz CT molecular complexity index is 489. The fraction of sp³-hybridized carbons (Fsp3) is 0.154. The van der Waals surface area contributed by atoms with Gasteiger partial charge in [0.25, 0.3) is 0 Å². The first-order valence-corrected chi connectivity index (χ1v) is 6.18. The van der Waals surface area contributed by atoms with E-state index in [2.05, 4.69) is 34.2 Å². The number of carbonyl (C=O) groups is 1. The quantitative estimate of drug-likeness (QED) is 0.745. The van der Waals surface area contributed by atoms with Crippen molar-refractivity contribution < 1.29 is 4.79 Å². The lowest BCUT2D eigenvalue weighted by Gasteiger charge is -2.11. The molecule has 0 aromatic heterocycles.